The smallest absolute Gasteiger partial charge is 0.256 e. The Morgan fingerprint density at radius 1 is 1.16 bits per heavy atom. The Morgan fingerprint density at radius 3 is 2.44 bits per heavy atom. The third-order valence-electron chi connectivity index (χ3n) is 4.49. The highest BCUT2D eigenvalue weighted by atomic mass is 16.3. The van der Waals surface area contributed by atoms with Crippen molar-refractivity contribution in [2.75, 3.05) is 6.54 Å². The van der Waals surface area contributed by atoms with E-state index in [-0.39, 0.29) is 18.0 Å². The van der Waals surface area contributed by atoms with Crippen molar-refractivity contribution in [3.63, 3.8) is 0 Å². The zero-order chi connectivity index (χ0) is 18.6. The van der Waals surface area contributed by atoms with Gasteiger partial charge in [-0.2, -0.15) is 0 Å². The molecule has 1 amide bonds. The lowest BCUT2D eigenvalue weighted by Gasteiger charge is -2.31. The number of carbonyl (C=O) groups is 1. The van der Waals surface area contributed by atoms with E-state index in [0.717, 1.165) is 11.1 Å². The van der Waals surface area contributed by atoms with Crippen molar-refractivity contribution in [3.05, 3.63) is 69.6 Å². The van der Waals surface area contributed by atoms with Gasteiger partial charge in [-0.25, -0.2) is 0 Å². The minimum absolute atomic E-state index is 0.0678. The monoisotopic (exact) mass is 342 g/mol. The molecule has 1 N–H and O–H groups in total. The summed E-state index contributed by atoms with van der Waals surface area (Å²) in [5.74, 6) is -0.381. The first-order valence-corrected chi connectivity index (χ1v) is 8.49. The number of aromatic nitrogens is 1. The Bertz CT molecular complexity index is 809. The number of hydrogen-bond acceptors (Lipinski definition) is 3. The SMILES string of the molecule is CCN(Cc1ccccc1C)C(=O)[C@@](C)(O)Cn1c(C)cccc1=O. The molecule has 0 radical (unpaired) electrons. The van der Waals surface area contributed by atoms with E-state index < -0.39 is 5.60 Å². The number of pyridine rings is 1. The highest BCUT2D eigenvalue weighted by Gasteiger charge is 2.35. The number of hydrogen-bond donors (Lipinski definition) is 1. The van der Waals surface area contributed by atoms with Gasteiger partial charge in [-0.3, -0.25) is 9.59 Å². The minimum Gasteiger partial charge on any atom is -0.378 e. The first-order chi connectivity index (χ1) is 11.8. The summed E-state index contributed by atoms with van der Waals surface area (Å²) in [5.41, 5.74) is 0.969. The number of carbonyl (C=O) groups excluding carboxylic acids is 1. The molecular formula is C20H26N2O3. The lowest BCUT2D eigenvalue weighted by molar-refractivity contribution is -0.151. The van der Waals surface area contributed by atoms with Crippen LogP contribution in [0.3, 0.4) is 0 Å². The first-order valence-electron chi connectivity index (χ1n) is 8.49. The Morgan fingerprint density at radius 2 is 1.84 bits per heavy atom. The summed E-state index contributed by atoms with van der Waals surface area (Å²) in [5, 5.41) is 10.8. The van der Waals surface area contributed by atoms with Gasteiger partial charge in [0.05, 0.1) is 6.54 Å². The van der Waals surface area contributed by atoms with Gasteiger partial charge in [-0.1, -0.05) is 30.3 Å². The average molecular weight is 342 g/mol. The summed E-state index contributed by atoms with van der Waals surface area (Å²) >= 11 is 0. The van der Waals surface area contributed by atoms with E-state index in [0.29, 0.717) is 18.8 Å². The summed E-state index contributed by atoms with van der Waals surface area (Å²) in [6, 6.07) is 12.8. The van der Waals surface area contributed by atoms with E-state index in [4.69, 9.17) is 0 Å². The second-order valence-corrected chi connectivity index (χ2v) is 6.61. The van der Waals surface area contributed by atoms with Crippen molar-refractivity contribution in [2.45, 2.75) is 46.4 Å². The summed E-state index contributed by atoms with van der Waals surface area (Å²) in [6.45, 7) is 7.97. The maximum Gasteiger partial charge on any atom is 0.256 e. The van der Waals surface area contributed by atoms with Crippen LogP contribution in [0, 0.1) is 13.8 Å². The van der Waals surface area contributed by atoms with Gasteiger partial charge in [-0.15, -0.1) is 0 Å². The van der Waals surface area contributed by atoms with Crippen LogP contribution in [0.15, 0.2) is 47.3 Å². The molecule has 1 aromatic heterocycles. The predicted octanol–water partition coefficient (Wildman–Crippen LogP) is 2.26. The van der Waals surface area contributed by atoms with Gasteiger partial charge < -0.3 is 14.6 Å². The van der Waals surface area contributed by atoms with Crippen LogP contribution in [0.25, 0.3) is 0 Å². The van der Waals surface area contributed by atoms with Crippen molar-refractivity contribution in [1.82, 2.24) is 9.47 Å². The fourth-order valence-electron chi connectivity index (χ4n) is 2.86. The van der Waals surface area contributed by atoms with Gasteiger partial charge in [0.1, 0.15) is 0 Å². The van der Waals surface area contributed by atoms with Crippen molar-refractivity contribution < 1.29 is 9.90 Å². The molecule has 1 aromatic carbocycles. The lowest BCUT2D eigenvalue weighted by atomic mass is 10.0. The molecule has 1 heterocycles. The van der Waals surface area contributed by atoms with E-state index in [1.807, 2.05) is 38.1 Å². The van der Waals surface area contributed by atoms with Crippen molar-refractivity contribution >= 4 is 5.91 Å². The number of aryl methyl sites for hydroxylation is 2. The van der Waals surface area contributed by atoms with Crippen LogP contribution in [0.5, 0.6) is 0 Å². The van der Waals surface area contributed by atoms with Crippen LogP contribution in [0.1, 0.15) is 30.7 Å². The lowest BCUT2D eigenvalue weighted by Crippen LogP contribution is -2.50. The third kappa shape index (κ3) is 4.37. The van der Waals surface area contributed by atoms with Gasteiger partial charge in [-0.05, 0) is 44.9 Å². The number of likely N-dealkylation sites (N-methyl/N-ethyl adjacent to an activating group) is 1. The summed E-state index contributed by atoms with van der Waals surface area (Å²) in [6.07, 6.45) is 0. The van der Waals surface area contributed by atoms with Crippen molar-refractivity contribution in [1.29, 1.82) is 0 Å². The highest BCUT2D eigenvalue weighted by molar-refractivity contribution is 5.84. The molecule has 0 aliphatic carbocycles. The molecule has 0 fully saturated rings. The molecule has 25 heavy (non-hydrogen) atoms. The molecule has 0 aliphatic rings. The van der Waals surface area contributed by atoms with Gasteiger partial charge in [0, 0.05) is 24.8 Å². The average Bonchev–Trinajstić information content (AvgIpc) is 2.57. The van der Waals surface area contributed by atoms with Crippen LogP contribution < -0.4 is 5.56 Å². The van der Waals surface area contributed by atoms with Crippen LogP contribution in [0.4, 0.5) is 0 Å². The molecule has 5 heteroatoms. The molecule has 1 atom stereocenters. The van der Waals surface area contributed by atoms with Crippen LogP contribution in [-0.2, 0) is 17.9 Å². The van der Waals surface area contributed by atoms with E-state index in [2.05, 4.69) is 0 Å². The summed E-state index contributed by atoms with van der Waals surface area (Å²) < 4.78 is 1.43. The zero-order valence-corrected chi connectivity index (χ0v) is 15.3. The molecular weight excluding hydrogens is 316 g/mol. The maximum atomic E-state index is 12.9. The molecule has 0 saturated carbocycles. The van der Waals surface area contributed by atoms with Gasteiger partial charge in [0.15, 0.2) is 5.60 Å². The maximum absolute atomic E-state index is 12.9. The molecule has 0 spiro atoms. The van der Waals surface area contributed by atoms with E-state index >= 15 is 0 Å². The van der Waals surface area contributed by atoms with E-state index in [1.165, 1.54) is 17.6 Å². The van der Waals surface area contributed by atoms with Crippen LogP contribution >= 0.6 is 0 Å². The second-order valence-electron chi connectivity index (χ2n) is 6.61. The van der Waals surface area contributed by atoms with Crippen molar-refractivity contribution in [3.8, 4) is 0 Å². The molecule has 0 aliphatic heterocycles. The molecule has 0 bridgehead atoms. The van der Waals surface area contributed by atoms with Gasteiger partial charge >= 0.3 is 0 Å². The molecule has 2 rings (SSSR count). The Kier molecular flexibility index (Phi) is 5.80. The Labute approximate surface area is 148 Å². The fourth-order valence-corrected chi connectivity index (χ4v) is 2.86. The summed E-state index contributed by atoms with van der Waals surface area (Å²) in [4.78, 5) is 26.6. The number of aliphatic hydroxyl groups is 1. The normalized spacial score (nSPS) is 13.3. The standard InChI is InChI=1S/C20H26N2O3/c1-5-21(13-17-11-7-6-9-15(17)2)19(24)20(4,25)14-22-16(3)10-8-12-18(22)23/h6-12,25H,5,13-14H2,1-4H3/t20-/m0/s1. The van der Waals surface area contributed by atoms with Crippen molar-refractivity contribution in [2.24, 2.45) is 0 Å². The highest BCUT2D eigenvalue weighted by Crippen LogP contribution is 2.17. The topological polar surface area (TPSA) is 62.5 Å². The number of nitrogens with zero attached hydrogens (tertiary/aromatic N) is 2. The number of benzene rings is 1. The minimum atomic E-state index is -1.66. The molecule has 0 saturated heterocycles. The van der Waals surface area contributed by atoms with Crippen LogP contribution in [-0.4, -0.2) is 32.6 Å². The fraction of sp³-hybridized carbons (Fsp3) is 0.400. The van der Waals surface area contributed by atoms with Gasteiger partial charge in [0.2, 0.25) is 0 Å². The number of amides is 1. The molecule has 2 aromatic rings. The van der Waals surface area contributed by atoms with Crippen LogP contribution in [0.2, 0.25) is 0 Å². The Balaban J connectivity index is 2.23. The van der Waals surface area contributed by atoms with E-state index in [9.17, 15) is 14.7 Å². The van der Waals surface area contributed by atoms with E-state index in [1.54, 1.807) is 24.0 Å². The Hall–Kier alpha value is -2.40. The third-order valence-corrected chi connectivity index (χ3v) is 4.49. The molecule has 5 nitrogen and oxygen atoms in total. The largest absolute Gasteiger partial charge is 0.378 e. The second kappa shape index (κ2) is 7.66. The molecule has 0 unspecified atom stereocenters. The number of rotatable bonds is 6. The summed E-state index contributed by atoms with van der Waals surface area (Å²) in [7, 11) is 0. The first kappa shape index (κ1) is 18.9. The zero-order valence-electron chi connectivity index (χ0n) is 15.3. The molecule has 134 valence electrons. The van der Waals surface area contributed by atoms with Gasteiger partial charge in [0.25, 0.3) is 11.5 Å². The quantitative estimate of drug-likeness (QED) is 0.876. The predicted molar refractivity (Wildman–Crippen MR) is 98.3 cm³/mol.